The Balaban J connectivity index is 0.00000133. The second kappa shape index (κ2) is 5.94. The Morgan fingerprint density at radius 1 is 1.00 bits per heavy atom. The van der Waals surface area contributed by atoms with E-state index in [0.29, 0.717) is 5.92 Å². The maximum atomic E-state index is 6.52. The van der Waals surface area contributed by atoms with Crippen LogP contribution in [0.1, 0.15) is 42.9 Å². The summed E-state index contributed by atoms with van der Waals surface area (Å²) in [6.45, 7) is 2.17. The van der Waals surface area contributed by atoms with E-state index in [0.717, 1.165) is 0 Å². The summed E-state index contributed by atoms with van der Waals surface area (Å²) in [6, 6.07) is 13.3. The van der Waals surface area contributed by atoms with Crippen LogP contribution in [0.3, 0.4) is 0 Å². The van der Waals surface area contributed by atoms with Gasteiger partial charge in [-0.05, 0) is 47.6 Å². The van der Waals surface area contributed by atoms with Gasteiger partial charge in [0, 0.05) is 6.04 Å². The molecule has 0 heterocycles. The molecule has 102 valence electrons. The summed E-state index contributed by atoms with van der Waals surface area (Å²) >= 11 is 0. The first kappa shape index (κ1) is 14.4. The van der Waals surface area contributed by atoms with Crippen molar-refractivity contribution in [3.8, 4) is 0 Å². The van der Waals surface area contributed by atoms with Gasteiger partial charge in [-0.3, -0.25) is 0 Å². The molecule has 1 saturated carbocycles. The van der Waals surface area contributed by atoms with Crippen LogP contribution in [0.2, 0.25) is 0 Å². The summed E-state index contributed by atoms with van der Waals surface area (Å²) in [5, 5.41) is 2.69. The van der Waals surface area contributed by atoms with E-state index in [1.165, 1.54) is 47.6 Å². The van der Waals surface area contributed by atoms with E-state index in [1.807, 2.05) is 0 Å². The number of nitrogens with two attached hydrogens (primary N) is 1. The molecule has 0 aliphatic heterocycles. The van der Waals surface area contributed by atoms with Gasteiger partial charge in [0.2, 0.25) is 0 Å². The molecule has 0 radical (unpaired) electrons. The molecule has 0 spiro atoms. The minimum atomic E-state index is 0. The maximum absolute atomic E-state index is 6.52. The normalized spacial score (nSPS) is 17.4. The lowest BCUT2D eigenvalue weighted by atomic mass is 9.88. The third-order valence-corrected chi connectivity index (χ3v) is 4.44. The number of benzene rings is 2. The molecule has 3 rings (SSSR count). The van der Waals surface area contributed by atoms with Crippen molar-refractivity contribution >= 4 is 23.2 Å². The molecular formula is C17H22ClN. The third-order valence-electron chi connectivity index (χ3n) is 4.44. The Kier molecular flexibility index (Phi) is 4.49. The summed E-state index contributed by atoms with van der Waals surface area (Å²) in [5.41, 5.74) is 9.19. The van der Waals surface area contributed by atoms with Crippen LogP contribution in [-0.2, 0) is 0 Å². The molecule has 1 aliphatic rings. The van der Waals surface area contributed by atoms with Crippen LogP contribution in [0.25, 0.3) is 10.8 Å². The molecule has 0 bridgehead atoms. The van der Waals surface area contributed by atoms with Crippen LogP contribution >= 0.6 is 12.4 Å². The van der Waals surface area contributed by atoms with E-state index in [9.17, 15) is 0 Å². The number of rotatable bonds is 2. The van der Waals surface area contributed by atoms with Crippen molar-refractivity contribution in [1.29, 1.82) is 0 Å². The Hall–Kier alpha value is -1.05. The number of fused-ring (bicyclic) bond motifs is 1. The van der Waals surface area contributed by atoms with Gasteiger partial charge in [0.25, 0.3) is 0 Å². The Labute approximate surface area is 121 Å². The number of aryl methyl sites for hydroxylation is 1. The Morgan fingerprint density at radius 2 is 1.63 bits per heavy atom. The molecule has 1 atom stereocenters. The number of halogens is 1. The van der Waals surface area contributed by atoms with Gasteiger partial charge >= 0.3 is 0 Å². The highest BCUT2D eigenvalue weighted by Gasteiger charge is 2.24. The lowest BCUT2D eigenvalue weighted by Crippen LogP contribution is -2.19. The van der Waals surface area contributed by atoms with Gasteiger partial charge < -0.3 is 5.73 Å². The van der Waals surface area contributed by atoms with Gasteiger partial charge in [0.15, 0.2) is 0 Å². The summed E-state index contributed by atoms with van der Waals surface area (Å²) in [6.07, 6.45) is 5.29. The smallest absolute Gasteiger partial charge is 0.0329 e. The molecule has 0 unspecified atom stereocenters. The van der Waals surface area contributed by atoms with E-state index in [1.54, 1.807) is 0 Å². The van der Waals surface area contributed by atoms with Crippen LogP contribution in [0, 0.1) is 12.8 Å². The van der Waals surface area contributed by atoms with Gasteiger partial charge in [0.05, 0.1) is 0 Å². The molecule has 2 heteroatoms. The number of hydrogen-bond donors (Lipinski definition) is 1. The molecular weight excluding hydrogens is 254 g/mol. The summed E-state index contributed by atoms with van der Waals surface area (Å²) in [4.78, 5) is 0. The fourth-order valence-electron chi connectivity index (χ4n) is 3.33. The van der Waals surface area contributed by atoms with Gasteiger partial charge in [-0.25, -0.2) is 0 Å². The predicted molar refractivity (Wildman–Crippen MR) is 84.8 cm³/mol. The highest BCUT2D eigenvalue weighted by atomic mass is 35.5. The summed E-state index contributed by atoms with van der Waals surface area (Å²) in [7, 11) is 0. The maximum Gasteiger partial charge on any atom is 0.0329 e. The monoisotopic (exact) mass is 275 g/mol. The van der Waals surface area contributed by atoms with Crippen molar-refractivity contribution in [2.75, 3.05) is 0 Å². The second-order valence-electron chi connectivity index (χ2n) is 5.59. The molecule has 19 heavy (non-hydrogen) atoms. The van der Waals surface area contributed by atoms with E-state index >= 15 is 0 Å². The predicted octanol–water partition coefficient (Wildman–Crippen LogP) is 4.76. The summed E-state index contributed by atoms with van der Waals surface area (Å²) < 4.78 is 0. The fourth-order valence-corrected chi connectivity index (χ4v) is 3.33. The summed E-state index contributed by atoms with van der Waals surface area (Å²) in [5.74, 6) is 0.677. The van der Waals surface area contributed by atoms with Gasteiger partial charge in [-0.1, -0.05) is 49.2 Å². The zero-order chi connectivity index (χ0) is 12.5. The first-order valence-corrected chi connectivity index (χ1v) is 7.01. The van der Waals surface area contributed by atoms with Gasteiger partial charge in [-0.2, -0.15) is 0 Å². The molecule has 0 amide bonds. The van der Waals surface area contributed by atoms with Crippen LogP contribution in [-0.4, -0.2) is 0 Å². The van der Waals surface area contributed by atoms with Crippen molar-refractivity contribution in [1.82, 2.24) is 0 Å². The van der Waals surface area contributed by atoms with E-state index < -0.39 is 0 Å². The highest BCUT2D eigenvalue weighted by Crippen LogP contribution is 2.37. The molecule has 1 fully saturated rings. The van der Waals surface area contributed by atoms with Crippen LogP contribution in [0.15, 0.2) is 36.4 Å². The second-order valence-corrected chi connectivity index (χ2v) is 5.59. The lowest BCUT2D eigenvalue weighted by Gasteiger charge is -2.21. The largest absolute Gasteiger partial charge is 0.324 e. The molecule has 2 aromatic carbocycles. The standard InChI is InChI=1S/C17H21N.ClH/c1-12-10-11-16(15-9-5-4-8-14(12)15)17(18)13-6-2-3-7-13;/h4-5,8-11,13,17H,2-3,6-7,18H2,1H3;1H/t17-;/m1./s1. The molecule has 1 nitrogen and oxygen atoms in total. The molecule has 1 aliphatic carbocycles. The van der Waals surface area contributed by atoms with Gasteiger partial charge in [0.1, 0.15) is 0 Å². The lowest BCUT2D eigenvalue weighted by molar-refractivity contribution is 0.447. The zero-order valence-electron chi connectivity index (χ0n) is 11.4. The average Bonchev–Trinajstić information content (AvgIpc) is 2.93. The topological polar surface area (TPSA) is 26.0 Å². The molecule has 0 saturated heterocycles. The first-order valence-electron chi connectivity index (χ1n) is 7.01. The van der Waals surface area contributed by atoms with Crippen molar-refractivity contribution in [3.63, 3.8) is 0 Å². The van der Waals surface area contributed by atoms with E-state index in [-0.39, 0.29) is 18.4 Å². The number of hydrogen-bond acceptors (Lipinski definition) is 1. The zero-order valence-corrected chi connectivity index (χ0v) is 12.2. The van der Waals surface area contributed by atoms with Crippen molar-refractivity contribution in [2.24, 2.45) is 11.7 Å². The van der Waals surface area contributed by atoms with Crippen LogP contribution < -0.4 is 5.73 Å². The Morgan fingerprint density at radius 3 is 2.32 bits per heavy atom. The fraction of sp³-hybridized carbons (Fsp3) is 0.412. The van der Waals surface area contributed by atoms with Crippen molar-refractivity contribution < 1.29 is 0 Å². The van der Waals surface area contributed by atoms with Crippen LogP contribution in [0.5, 0.6) is 0 Å². The quantitative estimate of drug-likeness (QED) is 0.840. The highest BCUT2D eigenvalue weighted by molar-refractivity contribution is 5.88. The van der Waals surface area contributed by atoms with Crippen molar-refractivity contribution in [3.05, 3.63) is 47.5 Å². The molecule has 2 aromatic rings. The van der Waals surface area contributed by atoms with Crippen molar-refractivity contribution in [2.45, 2.75) is 38.6 Å². The molecule has 2 N–H and O–H groups in total. The van der Waals surface area contributed by atoms with Gasteiger partial charge in [-0.15, -0.1) is 12.4 Å². The van der Waals surface area contributed by atoms with Crippen LogP contribution in [0.4, 0.5) is 0 Å². The minimum Gasteiger partial charge on any atom is -0.324 e. The first-order chi connectivity index (χ1) is 8.77. The SMILES string of the molecule is Cc1ccc([C@H](N)C2CCCC2)c2ccccc12.Cl. The van der Waals surface area contributed by atoms with E-state index in [4.69, 9.17) is 5.73 Å². The molecule has 0 aromatic heterocycles. The average molecular weight is 276 g/mol. The minimum absolute atomic E-state index is 0. The van der Waals surface area contributed by atoms with E-state index in [2.05, 4.69) is 43.3 Å². The third kappa shape index (κ3) is 2.63. The Bertz CT molecular complexity index is 558.